The number of carbonyl (C=O) groups excluding carboxylic acids is 1. The van der Waals surface area contributed by atoms with Crippen LogP contribution in [0, 0.1) is 18.3 Å². The Hall–Kier alpha value is -2.37. The average Bonchev–Trinajstić information content (AvgIpc) is 2.94. The third-order valence-electron chi connectivity index (χ3n) is 2.86. The standard InChI is InChI=1S/C15H14N2O4S2/c1-10-6-7-14(22-10)23(19,20)17-15(18)11(2)21-13-5-3-4-12(8-13)9-16/h3-8,11H,1-2H3,(H,17,18). The van der Waals surface area contributed by atoms with E-state index in [9.17, 15) is 13.2 Å². The van der Waals surface area contributed by atoms with Crippen molar-refractivity contribution in [3.8, 4) is 11.8 Å². The van der Waals surface area contributed by atoms with Crippen molar-refractivity contribution in [1.29, 1.82) is 5.26 Å². The summed E-state index contributed by atoms with van der Waals surface area (Å²) in [6, 6.07) is 11.3. The van der Waals surface area contributed by atoms with Crippen LogP contribution in [-0.4, -0.2) is 20.4 Å². The molecule has 1 aromatic heterocycles. The fourth-order valence-corrected chi connectivity index (χ4v) is 4.05. The molecule has 0 aliphatic rings. The van der Waals surface area contributed by atoms with E-state index >= 15 is 0 Å². The lowest BCUT2D eigenvalue weighted by atomic mass is 10.2. The molecule has 2 aromatic rings. The quantitative estimate of drug-likeness (QED) is 0.892. The first-order valence-electron chi connectivity index (χ1n) is 6.62. The van der Waals surface area contributed by atoms with Crippen molar-refractivity contribution in [2.75, 3.05) is 0 Å². The van der Waals surface area contributed by atoms with Gasteiger partial charge in [-0.15, -0.1) is 11.3 Å². The molecule has 0 radical (unpaired) electrons. The van der Waals surface area contributed by atoms with Crippen molar-refractivity contribution >= 4 is 27.3 Å². The molecule has 1 atom stereocenters. The van der Waals surface area contributed by atoms with Crippen LogP contribution in [0.5, 0.6) is 5.75 Å². The molecule has 0 aliphatic heterocycles. The zero-order valence-electron chi connectivity index (χ0n) is 12.4. The Morgan fingerprint density at radius 1 is 1.35 bits per heavy atom. The molecule has 1 unspecified atom stereocenters. The van der Waals surface area contributed by atoms with Crippen molar-refractivity contribution in [1.82, 2.24) is 4.72 Å². The van der Waals surface area contributed by atoms with Crippen LogP contribution in [0.15, 0.2) is 40.6 Å². The van der Waals surface area contributed by atoms with E-state index in [2.05, 4.69) is 0 Å². The summed E-state index contributed by atoms with van der Waals surface area (Å²) in [5.41, 5.74) is 0.386. The molecule has 1 aromatic carbocycles. The van der Waals surface area contributed by atoms with E-state index in [-0.39, 0.29) is 4.21 Å². The second kappa shape index (κ2) is 6.81. The predicted molar refractivity (Wildman–Crippen MR) is 85.6 cm³/mol. The third kappa shape index (κ3) is 4.31. The van der Waals surface area contributed by atoms with E-state index in [1.165, 1.54) is 19.1 Å². The number of ether oxygens (including phenoxy) is 1. The summed E-state index contributed by atoms with van der Waals surface area (Å²) in [6.07, 6.45) is -1.03. The molecule has 1 heterocycles. The summed E-state index contributed by atoms with van der Waals surface area (Å²) < 4.78 is 31.6. The van der Waals surface area contributed by atoms with Crippen molar-refractivity contribution in [3.05, 3.63) is 46.8 Å². The van der Waals surface area contributed by atoms with Gasteiger partial charge >= 0.3 is 0 Å². The number of thiophene rings is 1. The van der Waals surface area contributed by atoms with Crippen LogP contribution in [0.2, 0.25) is 0 Å². The summed E-state index contributed by atoms with van der Waals surface area (Å²) in [4.78, 5) is 12.9. The van der Waals surface area contributed by atoms with Gasteiger partial charge in [0.1, 0.15) is 9.96 Å². The number of sulfonamides is 1. The minimum Gasteiger partial charge on any atom is -0.481 e. The summed E-state index contributed by atoms with van der Waals surface area (Å²) in [5.74, 6) is -0.463. The lowest BCUT2D eigenvalue weighted by molar-refractivity contribution is -0.125. The van der Waals surface area contributed by atoms with Crippen molar-refractivity contribution in [3.63, 3.8) is 0 Å². The highest BCUT2D eigenvalue weighted by Crippen LogP contribution is 2.20. The number of amides is 1. The number of aryl methyl sites for hydroxylation is 1. The number of nitriles is 1. The van der Waals surface area contributed by atoms with E-state index in [0.717, 1.165) is 16.2 Å². The van der Waals surface area contributed by atoms with Gasteiger partial charge in [-0.25, -0.2) is 13.1 Å². The second-order valence-corrected chi connectivity index (χ2v) is 7.93. The Morgan fingerprint density at radius 2 is 2.09 bits per heavy atom. The number of benzene rings is 1. The van der Waals surface area contributed by atoms with Crippen LogP contribution in [0.25, 0.3) is 0 Å². The zero-order valence-corrected chi connectivity index (χ0v) is 14.1. The highest BCUT2D eigenvalue weighted by molar-refractivity contribution is 7.92. The minimum absolute atomic E-state index is 0.0713. The first kappa shape index (κ1) is 17.0. The van der Waals surface area contributed by atoms with Gasteiger partial charge in [0.2, 0.25) is 0 Å². The van der Waals surface area contributed by atoms with Gasteiger partial charge in [0, 0.05) is 4.88 Å². The number of nitrogens with one attached hydrogen (secondary N) is 1. The van der Waals surface area contributed by atoms with Gasteiger partial charge in [-0.2, -0.15) is 5.26 Å². The maximum atomic E-state index is 12.1. The van der Waals surface area contributed by atoms with Gasteiger partial charge in [-0.3, -0.25) is 4.79 Å². The molecule has 8 heteroatoms. The van der Waals surface area contributed by atoms with E-state index < -0.39 is 22.0 Å². The molecule has 0 saturated heterocycles. The molecule has 0 aliphatic carbocycles. The fourth-order valence-electron chi connectivity index (χ4n) is 1.72. The molecule has 0 spiro atoms. The number of carbonyl (C=O) groups is 1. The van der Waals surface area contributed by atoms with E-state index in [4.69, 9.17) is 10.00 Å². The predicted octanol–water partition coefficient (Wildman–Crippen LogP) is 2.20. The van der Waals surface area contributed by atoms with Gasteiger partial charge in [0.15, 0.2) is 6.10 Å². The Labute approximate surface area is 138 Å². The normalized spacial score (nSPS) is 12.2. The van der Waals surface area contributed by atoms with Crippen molar-refractivity contribution < 1.29 is 17.9 Å². The average molecular weight is 350 g/mol. The van der Waals surface area contributed by atoms with Crippen LogP contribution >= 0.6 is 11.3 Å². The Balaban J connectivity index is 2.06. The minimum atomic E-state index is -3.90. The number of hydrogen-bond donors (Lipinski definition) is 1. The van der Waals surface area contributed by atoms with Gasteiger partial charge in [0.25, 0.3) is 15.9 Å². The largest absolute Gasteiger partial charge is 0.481 e. The summed E-state index contributed by atoms with van der Waals surface area (Å²) in [6.45, 7) is 3.21. The smallest absolute Gasteiger partial charge is 0.274 e. The fraction of sp³-hybridized carbons (Fsp3) is 0.200. The summed E-state index contributed by atoms with van der Waals surface area (Å²) >= 11 is 1.08. The Kier molecular flexibility index (Phi) is 5.03. The number of rotatable bonds is 5. The molecule has 1 amide bonds. The van der Waals surface area contributed by atoms with Gasteiger partial charge in [0.05, 0.1) is 11.6 Å². The number of hydrogen-bond acceptors (Lipinski definition) is 6. The van der Waals surface area contributed by atoms with E-state index in [0.29, 0.717) is 11.3 Å². The summed E-state index contributed by atoms with van der Waals surface area (Å²) in [5, 5.41) is 8.82. The summed E-state index contributed by atoms with van der Waals surface area (Å²) in [7, 11) is -3.90. The third-order valence-corrected chi connectivity index (χ3v) is 5.70. The van der Waals surface area contributed by atoms with E-state index in [1.807, 2.05) is 10.8 Å². The topological polar surface area (TPSA) is 96.3 Å². The number of nitrogens with zero attached hydrogens (tertiary/aromatic N) is 1. The highest BCUT2D eigenvalue weighted by atomic mass is 32.2. The lowest BCUT2D eigenvalue weighted by Crippen LogP contribution is -2.39. The molecule has 120 valence electrons. The molecule has 1 N–H and O–H groups in total. The second-order valence-electron chi connectivity index (χ2n) is 4.73. The molecular formula is C15H14N2O4S2. The van der Waals surface area contributed by atoms with Gasteiger partial charge in [-0.05, 0) is 44.2 Å². The molecule has 0 saturated carbocycles. The maximum absolute atomic E-state index is 12.1. The zero-order chi connectivity index (χ0) is 17.0. The van der Waals surface area contributed by atoms with Crippen LogP contribution in [0.3, 0.4) is 0 Å². The Bertz CT molecular complexity index is 866. The molecule has 23 heavy (non-hydrogen) atoms. The SMILES string of the molecule is Cc1ccc(S(=O)(=O)NC(=O)C(C)Oc2cccc(C#N)c2)s1. The first-order valence-corrected chi connectivity index (χ1v) is 8.92. The Morgan fingerprint density at radius 3 is 2.70 bits per heavy atom. The molecule has 6 nitrogen and oxygen atoms in total. The van der Waals surface area contributed by atoms with Crippen LogP contribution in [0.4, 0.5) is 0 Å². The molecular weight excluding hydrogens is 336 g/mol. The lowest BCUT2D eigenvalue weighted by Gasteiger charge is -2.14. The van der Waals surface area contributed by atoms with Crippen LogP contribution in [-0.2, 0) is 14.8 Å². The van der Waals surface area contributed by atoms with Crippen molar-refractivity contribution in [2.24, 2.45) is 0 Å². The molecule has 2 rings (SSSR count). The van der Waals surface area contributed by atoms with Gasteiger partial charge < -0.3 is 4.74 Å². The van der Waals surface area contributed by atoms with Gasteiger partial charge in [-0.1, -0.05) is 6.07 Å². The van der Waals surface area contributed by atoms with E-state index in [1.54, 1.807) is 31.2 Å². The monoisotopic (exact) mass is 350 g/mol. The highest BCUT2D eigenvalue weighted by Gasteiger charge is 2.24. The maximum Gasteiger partial charge on any atom is 0.274 e. The molecule has 0 bridgehead atoms. The van der Waals surface area contributed by atoms with Crippen LogP contribution in [0.1, 0.15) is 17.4 Å². The first-order chi connectivity index (χ1) is 10.8. The van der Waals surface area contributed by atoms with Crippen molar-refractivity contribution in [2.45, 2.75) is 24.2 Å². The molecule has 0 fully saturated rings. The van der Waals surface area contributed by atoms with Crippen LogP contribution < -0.4 is 9.46 Å².